The number of aromatic nitrogens is 2. The molecule has 3 aromatic rings. The molecule has 2 aliphatic heterocycles. The lowest BCUT2D eigenvalue weighted by atomic mass is 10.00. The van der Waals surface area contributed by atoms with Crippen molar-refractivity contribution in [1.29, 1.82) is 0 Å². The molecule has 7 nitrogen and oxygen atoms in total. The minimum atomic E-state index is -1.13. The van der Waals surface area contributed by atoms with Crippen LogP contribution in [0.4, 0.5) is 9.52 Å². The average molecular weight is 498 g/mol. The number of carboxylic acid groups (broad SMARTS) is 1. The van der Waals surface area contributed by atoms with Gasteiger partial charge < -0.3 is 19.3 Å². The van der Waals surface area contributed by atoms with Gasteiger partial charge >= 0.3 is 5.97 Å². The van der Waals surface area contributed by atoms with E-state index in [9.17, 15) is 14.3 Å². The summed E-state index contributed by atoms with van der Waals surface area (Å²) in [6.07, 6.45) is 7.66. The molecule has 0 radical (unpaired) electrons. The van der Waals surface area contributed by atoms with Gasteiger partial charge in [0.05, 0.1) is 28.7 Å². The first kappa shape index (κ1) is 21.7. The van der Waals surface area contributed by atoms with E-state index in [1.54, 1.807) is 0 Å². The lowest BCUT2D eigenvalue weighted by Crippen LogP contribution is -2.45. The van der Waals surface area contributed by atoms with Gasteiger partial charge in [0.15, 0.2) is 10.9 Å². The Bertz CT molecular complexity index is 1300. The number of thiazole rings is 1. The predicted molar refractivity (Wildman–Crippen MR) is 129 cm³/mol. The highest BCUT2D eigenvalue weighted by molar-refractivity contribution is 7.22. The maximum absolute atomic E-state index is 14.5. The molecule has 1 N–H and O–H groups in total. The zero-order valence-corrected chi connectivity index (χ0v) is 20.4. The van der Waals surface area contributed by atoms with Gasteiger partial charge in [-0.05, 0) is 63.0 Å². The average Bonchev–Trinajstić information content (AvgIpc) is 3.69. The Kier molecular flexibility index (Phi) is 4.97. The third kappa shape index (κ3) is 3.74. The number of hydrogen-bond donors (Lipinski definition) is 1. The van der Waals surface area contributed by atoms with Gasteiger partial charge in [-0.1, -0.05) is 23.4 Å². The highest BCUT2D eigenvalue weighted by Gasteiger charge is 2.44. The zero-order valence-electron chi connectivity index (χ0n) is 19.6. The lowest BCUT2D eigenvalue weighted by Gasteiger charge is -2.38. The van der Waals surface area contributed by atoms with E-state index in [-0.39, 0.29) is 17.2 Å². The number of halogens is 1. The summed E-state index contributed by atoms with van der Waals surface area (Å²) < 4.78 is 27.4. The molecule has 1 aromatic carbocycles. The molecule has 2 aliphatic carbocycles. The molecule has 184 valence electrons. The molecule has 5 atom stereocenters. The second-order valence-electron chi connectivity index (χ2n) is 10.8. The van der Waals surface area contributed by atoms with Gasteiger partial charge in [-0.3, -0.25) is 0 Å². The Balaban J connectivity index is 1.08. The van der Waals surface area contributed by atoms with Gasteiger partial charge in [0.1, 0.15) is 11.3 Å². The van der Waals surface area contributed by atoms with Gasteiger partial charge in [0, 0.05) is 29.5 Å². The molecule has 2 aromatic heterocycles. The minimum absolute atomic E-state index is 0.0421. The molecule has 0 amide bonds. The number of benzene rings is 1. The third-order valence-electron chi connectivity index (χ3n) is 8.32. The summed E-state index contributed by atoms with van der Waals surface area (Å²) in [5.74, 6) is 1.06. The van der Waals surface area contributed by atoms with Crippen molar-refractivity contribution in [1.82, 2.24) is 10.1 Å². The normalized spacial score (nSPS) is 29.8. The Hall–Kier alpha value is -2.52. The molecule has 4 aliphatic rings. The van der Waals surface area contributed by atoms with Gasteiger partial charge in [0.2, 0.25) is 0 Å². The van der Waals surface area contributed by atoms with Crippen LogP contribution in [0.2, 0.25) is 0 Å². The van der Waals surface area contributed by atoms with Gasteiger partial charge in [-0.2, -0.15) is 0 Å². The first-order valence-corrected chi connectivity index (χ1v) is 13.5. The van der Waals surface area contributed by atoms with E-state index >= 15 is 0 Å². The fourth-order valence-corrected chi connectivity index (χ4v) is 7.29. The second kappa shape index (κ2) is 8.00. The fourth-order valence-electron chi connectivity index (χ4n) is 6.13. The van der Waals surface area contributed by atoms with E-state index in [0.717, 1.165) is 48.3 Å². The predicted octanol–water partition coefficient (Wildman–Crippen LogP) is 5.84. The second-order valence-corrected chi connectivity index (χ2v) is 11.8. The summed E-state index contributed by atoms with van der Waals surface area (Å²) in [6, 6.07) is 3.18. The number of aromatic carboxylic acids is 1. The molecular weight excluding hydrogens is 469 g/mol. The Morgan fingerprint density at radius 3 is 2.63 bits per heavy atom. The van der Waals surface area contributed by atoms with Crippen LogP contribution in [0.5, 0.6) is 0 Å². The number of anilines is 1. The maximum atomic E-state index is 14.5. The molecule has 35 heavy (non-hydrogen) atoms. The quantitative estimate of drug-likeness (QED) is 0.439. The molecule has 2 saturated carbocycles. The molecule has 2 bridgehead atoms. The van der Waals surface area contributed by atoms with E-state index < -0.39 is 11.8 Å². The lowest BCUT2D eigenvalue weighted by molar-refractivity contribution is 0.0142. The smallest absolute Gasteiger partial charge is 0.335 e. The van der Waals surface area contributed by atoms with E-state index in [0.29, 0.717) is 41.1 Å². The minimum Gasteiger partial charge on any atom is -0.478 e. The van der Waals surface area contributed by atoms with Crippen LogP contribution in [0.25, 0.3) is 10.2 Å². The van der Waals surface area contributed by atoms with Crippen LogP contribution in [-0.2, 0) is 11.3 Å². The van der Waals surface area contributed by atoms with Crippen molar-refractivity contribution in [3.05, 3.63) is 40.5 Å². The molecule has 7 rings (SSSR count). The van der Waals surface area contributed by atoms with Crippen molar-refractivity contribution >= 4 is 32.7 Å². The van der Waals surface area contributed by atoms with Crippen molar-refractivity contribution < 1.29 is 23.6 Å². The van der Waals surface area contributed by atoms with Crippen molar-refractivity contribution in [3.8, 4) is 0 Å². The maximum Gasteiger partial charge on any atom is 0.335 e. The summed E-state index contributed by atoms with van der Waals surface area (Å²) in [7, 11) is 0. The van der Waals surface area contributed by atoms with Crippen LogP contribution in [0, 0.1) is 11.7 Å². The highest BCUT2D eigenvalue weighted by atomic mass is 32.1. The summed E-state index contributed by atoms with van der Waals surface area (Å²) >= 11 is 1.38. The van der Waals surface area contributed by atoms with E-state index in [2.05, 4.69) is 22.0 Å². The first-order valence-electron chi connectivity index (χ1n) is 12.7. The van der Waals surface area contributed by atoms with Gasteiger partial charge in [-0.25, -0.2) is 14.2 Å². The number of rotatable bonds is 7. The monoisotopic (exact) mass is 497 g/mol. The highest BCUT2D eigenvalue weighted by Crippen LogP contribution is 2.51. The molecule has 4 fully saturated rings. The zero-order chi connectivity index (χ0) is 23.8. The topological polar surface area (TPSA) is 88.7 Å². The summed E-state index contributed by atoms with van der Waals surface area (Å²) in [5, 5.41) is 14.5. The standard InChI is InChI=1S/C26H28FN3O4S/c1-12-6-18(12)22-19(24(34-29-22)13-2-3-13)11-33-17-9-15-4-5-16(10-17)30(15)26-28-23-20(27)7-14(25(31)32)8-21(23)35-26/h7-8,12-13,15-18H,2-6,9-11H2,1H3,(H,31,32)/t12?,15-,16?,17-,18?/m0/s1. The number of carboxylic acids is 1. The molecular formula is C26H28FN3O4S. The van der Waals surface area contributed by atoms with Crippen LogP contribution >= 0.6 is 11.3 Å². The van der Waals surface area contributed by atoms with Gasteiger partial charge in [0.25, 0.3) is 0 Å². The van der Waals surface area contributed by atoms with Crippen LogP contribution in [-0.4, -0.2) is 39.4 Å². The molecule has 3 unspecified atom stereocenters. The number of piperidine rings is 1. The van der Waals surface area contributed by atoms with Crippen molar-refractivity contribution in [2.45, 2.75) is 88.5 Å². The number of hydrogen-bond acceptors (Lipinski definition) is 7. The molecule has 2 saturated heterocycles. The Labute approximate surface area is 206 Å². The van der Waals surface area contributed by atoms with E-state index in [1.165, 1.54) is 42.2 Å². The fraction of sp³-hybridized carbons (Fsp3) is 0.577. The van der Waals surface area contributed by atoms with Crippen molar-refractivity contribution in [2.24, 2.45) is 5.92 Å². The number of carbonyl (C=O) groups is 1. The van der Waals surface area contributed by atoms with E-state index in [1.807, 2.05) is 0 Å². The number of ether oxygens (including phenoxy) is 1. The molecule has 9 heteroatoms. The van der Waals surface area contributed by atoms with Crippen LogP contribution in [0.15, 0.2) is 16.7 Å². The molecule has 4 heterocycles. The summed E-state index contributed by atoms with van der Waals surface area (Å²) in [6.45, 7) is 2.84. The largest absolute Gasteiger partial charge is 0.478 e. The summed E-state index contributed by atoms with van der Waals surface area (Å²) in [5.41, 5.74) is 2.54. The third-order valence-corrected chi connectivity index (χ3v) is 9.33. The Morgan fingerprint density at radius 1 is 1.23 bits per heavy atom. The number of fused-ring (bicyclic) bond motifs is 3. The Morgan fingerprint density at radius 2 is 1.97 bits per heavy atom. The van der Waals surface area contributed by atoms with Crippen LogP contribution in [0.1, 0.15) is 91.1 Å². The van der Waals surface area contributed by atoms with Gasteiger partial charge in [-0.15, -0.1) is 0 Å². The summed E-state index contributed by atoms with van der Waals surface area (Å²) in [4.78, 5) is 18.2. The van der Waals surface area contributed by atoms with Crippen LogP contribution < -0.4 is 4.90 Å². The van der Waals surface area contributed by atoms with Crippen molar-refractivity contribution in [3.63, 3.8) is 0 Å². The molecule has 0 spiro atoms. The van der Waals surface area contributed by atoms with Crippen molar-refractivity contribution in [2.75, 3.05) is 4.90 Å². The SMILES string of the molecule is CC1CC1c1noc(C2CC2)c1CO[C@@H]1CC2CC[C@@H](C1)N2c1nc2c(F)cc(C(=O)O)cc2s1. The number of nitrogens with zero attached hydrogens (tertiary/aromatic N) is 3. The van der Waals surface area contributed by atoms with E-state index in [4.69, 9.17) is 9.26 Å². The first-order chi connectivity index (χ1) is 17.0. The van der Waals surface area contributed by atoms with Crippen LogP contribution in [0.3, 0.4) is 0 Å².